The summed E-state index contributed by atoms with van der Waals surface area (Å²) in [5.74, 6) is 2.21. The van der Waals surface area contributed by atoms with Gasteiger partial charge in [-0.25, -0.2) is 4.98 Å². The largest absolute Gasteiger partial charge is 0.490 e. The number of nitrogens with zero attached hydrogens (tertiary/aromatic N) is 1. The van der Waals surface area contributed by atoms with E-state index in [1.807, 2.05) is 25.1 Å². The van der Waals surface area contributed by atoms with Crippen LogP contribution in [0.1, 0.15) is 34.7 Å². The Balaban J connectivity index is 1.68. The van der Waals surface area contributed by atoms with Crippen molar-refractivity contribution in [2.75, 3.05) is 6.61 Å². The van der Waals surface area contributed by atoms with Crippen LogP contribution in [-0.4, -0.2) is 16.6 Å². The molecule has 0 bridgehead atoms. The number of fused-ring (bicyclic) bond motifs is 1. The van der Waals surface area contributed by atoms with E-state index in [0.29, 0.717) is 24.7 Å². The predicted molar refractivity (Wildman–Crippen MR) is 130 cm³/mol. The van der Waals surface area contributed by atoms with E-state index in [1.165, 1.54) is 27.8 Å². The fourth-order valence-corrected chi connectivity index (χ4v) is 4.25. The molecule has 3 aromatic carbocycles. The number of ether oxygens (including phenoxy) is 2. The summed E-state index contributed by atoms with van der Waals surface area (Å²) in [6, 6.07) is 14.6. The average Bonchev–Trinajstić information content (AvgIpc) is 3.14. The topological polar surface area (TPSA) is 47.1 Å². The number of aromatic nitrogens is 2. The summed E-state index contributed by atoms with van der Waals surface area (Å²) < 4.78 is 13.0. The number of imidazole rings is 1. The molecule has 0 aliphatic carbocycles. The zero-order valence-corrected chi connectivity index (χ0v) is 20.2. The lowest BCUT2D eigenvalue weighted by Gasteiger charge is -2.16. The molecule has 0 fully saturated rings. The number of aryl methyl sites for hydroxylation is 4. The molecule has 1 N–H and O–H groups in total. The molecule has 0 aliphatic heterocycles. The van der Waals surface area contributed by atoms with Crippen LogP contribution in [0.25, 0.3) is 22.4 Å². The molecule has 160 valence electrons. The van der Waals surface area contributed by atoms with Crippen LogP contribution in [0.4, 0.5) is 0 Å². The average molecular weight is 479 g/mol. The third-order valence-electron chi connectivity index (χ3n) is 5.54. The first-order valence-corrected chi connectivity index (χ1v) is 11.3. The highest BCUT2D eigenvalue weighted by Crippen LogP contribution is 2.40. The second kappa shape index (κ2) is 8.75. The molecule has 0 aliphatic rings. The van der Waals surface area contributed by atoms with Gasteiger partial charge in [0.15, 0.2) is 11.5 Å². The Morgan fingerprint density at radius 3 is 2.45 bits per heavy atom. The number of benzene rings is 3. The minimum absolute atomic E-state index is 0.481. The van der Waals surface area contributed by atoms with Crippen molar-refractivity contribution in [3.8, 4) is 22.9 Å². The maximum absolute atomic E-state index is 6.25. The van der Waals surface area contributed by atoms with E-state index in [1.54, 1.807) is 0 Å². The Morgan fingerprint density at radius 2 is 1.68 bits per heavy atom. The van der Waals surface area contributed by atoms with Gasteiger partial charge in [0.25, 0.3) is 0 Å². The number of hydrogen-bond donors (Lipinski definition) is 1. The van der Waals surface area contributed by atoms with Crippen molar-refractivity contribution >= 4 is 27.0 Å². The first kappa shape index (κ1) is 21.4. The van der Waals surface area contributed by atoms with Gasteiger partial charge < -0.3 is 14.5 Å². The second-order valence-corrected chi connectivity index (χ2v) is 8.83. The molecule has 0 saturated carbocycles. The van der Waals surface area contributed by atoms with Crippen molar-refractivity contribution in [2.45, 2.75) is 41.2 Å². The van der Waals surface area contributed by atoms with E-state index in [2.05, 4.69) is 72.9 Å². The first-order valence-electron chi connectivity index (χ1n) is 10.5. The Labute approximate surface area is 191 Å². The van der Waals surface area contributed by atoms with Gasteiger partial charge in [-0.1, -0.05) is 18.2 Å². The van der Waals surface area contributed by atoms with Crippen LogP contribution in [0, 0.1) is 27.7 Å². The normalized spacial score (nSPS) is 11.2. The summed E-state index contributed by atoms with van der Waals surface area (Å²) in [4.78, 5) is 8.16. The molecule has 1 heterocycles. The summed E-state index contributed by atoms with van der Waals surface area (Å²) in [6.45, 7) is 11.5. The molecule has 0 spiro atoms. The monoisotopic (exact) mass is 478 g/mol. The lowest BCUT2D eigenvalue weighted by Crippen LogP contribution is -2.03. The molecule has 0 saturated heterocycles. The third-order valence-corrected chi connectivity index (χ3v) is 6.13. The van der Waals surface area contributed by atoms with Crippen LogP contribution in [0.3, 0.4) is 0 Å². The van der Waals surface area contributed by atoms with Crippen LogP contribution in [-0.2, 0) is 6.61 Å². The van der Waals surface area contributed by atoms with Gasteiger partial charge in [0.05, 0.1) is 22.1 Å². The standard InChI is InChI=1S/C26H27BrN2O2/c1-6-30-24-13-19(26-28-22-8-7-15(2)9-23(22)29-26)12-21(27)25(24)31-14-20-11-17(4)16(3)10-18(20)5/h7-13H,6,14H2,1-5H3,(H,28,29). The van der Waals surface area contributed by atoms with Gasteiger partial charge in [-0.3, -0.25) is 0 Å². The number of H-pyrrole nitrogens is 1. The molecule has 5 heteroatoms. The fourth-order valence-electron chi connectivity index (χ4n) is 3.69. The molecule has 1 aromatic heterocycles. The van der Waals surface area contributed by atoms with Crippen LogP contribution in [0.5, 0.6) is 11.5 Å². The lowest BCUT2D eigenvalue weighted by molar-refractivity contribution is 0.267. The molecule has 0 unspecified atom stereocenters. The van der Waals surface area contributed by atoms with Crippen molar-refractivity contribution in [2.24, 2.45) is 0 Å². The number of rotatable bonds is 6. The number of hydrogen-bond acceptors (Lipinski definition) is 3. The van der Waals surface area contributed by atoms with Gasteiger partial charge in [-0.05, 0) is 103 Å². The van der Waals surface area contributed by atoms with Crippen LogP contribution in [0.2, 0.25) is 0 Å². The molecule has 0 atom stereocenters. The second-order valence-electron chi connectivity index (χ2n) is 7.98. The molecule has 0 amide bonds. The number of aromatic amines is 1. The molecule has 4 aromatic rings. The zero-order valence-electron chi connectivity index (χ0n) is 18.6. The maximum Gasteiger partial charge on any atom is 0.175 e. The number of nitrogens with one attached hydrogen (secondary N) is 1. The van der Waals surface area contributed by atoms with E-state index in [4.69, 9.17) is 14.5 Å². The molecule has 0 radical (unpaired) electrons. The quantitative estimate of drug-likeness (QED) is 0.318. The summed E-state index contributed by atoms with van der Waals surface area (Å²) in [5.41, 5.74) is 9.07. The van der Waals surface area contributed by atoms with Crippen molar-refractivity contribution in [3.63, 3.8) is 0 Å². The van der Waals surface area contributed by atoms with Crippen molar-refractivity contribution in [1.29, 1.82) is 0 Å². The summed E-state index contributed by atoms with van der Waals surface area (Å²) in [5, 5.41) is 0. The van der Waals surface area contributed by atoms with E-state index in [-0.39, 0.29) is 0 Å². The highest BCUT2D eigenvalue weighted by Gasteiger charge is 2.16. The molecular weight excluding hydrogens is 452 g/mol. The smallest absolute Gasteiger partial charge is 0.175 e. The minimum Gasteiger partial charge on any atom is -0.490 e. The molecule has 4 rings (SSSR count). The first-order chi connectivity index (χ1) is 14.9. The Morgan fingerprint density at radius 1 is 0.903 bits per heavy atom. The van der Waals surface area contributed by atoms with E-state index in [0.717, 1.165) is 26.9 Å². The van der Waals surface area contributed by atoms with Crippen LogP contribution >= 0.6 is 15.9 Å². The summed E-state index contributed by atoms with van der Waals surface area (Å²) in [6.07, 6.45) is 0. The van der Waals surface area contributed by atoms with Crippen molar-refractivity contribution in [3.05, 3.63) is 74.8 Å². The van der Waals surface area contributed by atoms with Gasteiger partial charge in [-0.15, -0.1) is 0 Å². The third kappa shape index (κ3) is 4.47. The molecular formula is C26H27BrN2O2. The van der Waals surface area contributed by atoms with Gasteiger partial charge in [0.2, 0.25) is 0 Å². The maximum atomic E-state index is 6.25. The molecule has 31 heavy (non-hydrogen) atoms. The SMILES string of the molecule is CCOc1cc(-c2nc3ccc(C)cc3[nH]2)cc(Br)c1OCc1cc(C)c(C)cc1C. The van der Waals surface area contributed by atoms with Gasteiger partial charge >= 0.3 is 0 Å². The summed E-state index contributed by atoms with van der Waals surface area (Å²) in [7, 11) is 0. The van der Waals surface area contributed by atoms with E-state index < -0.39 is 0 Å². The highest BCUT2D eigenvalue weighted by atomic mass is 79.9. The van der Waals surface area contributed by atoms with Crippen molar-refractivity contribution in [1.82, 2.24) is 9.97 Å². The minimum atomic E-state index is 0.481. The Hall–Kier alpha value is -2.79. The Bertz CT molecular complexity index is 1260. The van der Waals surface area contributed by atoms with Crippen LogP contribution < -0.4 is 9.47 Å². The lowest BCUT2D eigenvalue weighted by atomic mass is 10.0. The Kier molecular flexibility index (Phi) is 6.05. The zero-order chi connectivity index (χ0) is 22.1. The molecule has 4 nitrogen and oxygen atoms in total. The van der Waals surface area contributed by atoms with Crippen LogP contribution in [0.15, 0.2) is 46.9 Å². The predicted octanol–water partition coefficient (Wildman–Crippen LogP) is 7.20. The van der Waals surface area contributed by atoms with Gasteiger partial charge in [0, 0.05) is 5.56 Å². The van der Waals surface area contributed by atoms with Crippen molar-refractivity contribution < 1.29 is 9.47 Å². The fraction of sp³-hybridized carbons (Fsp3) is 0.269. The number of halogens is 1. The van der Waals surface area contributed by atoms with E-state index >= 15 is 0 Å². The summed E-state index contributed by atoms with van der Waals surface area (Å²) >= 11 is 3.69. The van der Waals surface area contributed by atoms with Gasteiger partial charge in [-0.2, -0.15) is 0 Å². The van der Waals surface area contributed by atoms with Gasteiger partial charge in [0.1, 0.15) is 12.4 Å². The highest BCUT2D eigenvalue weighted by molar-refractivity contribution is 9.10. The van der Waals surface area contributed by atoms with E-state index in [9.17, 15) is 0 Å².